The number of carbonyl (C=O) groups is 1. The summed E-state index contributed by atoms with van der Waals surface area (Å²) in [6, 6.07) is 9.18. The van der Waals surface area contributed by atoms with Crippen LogP contribution in [-0.4, -0.2) is 26.8 Å². The lowest BCUT2D eigenvalue weighted by atomic mass is 10.1. The molecule has 4 aromatic rings. The summed E-state index contributed by atoms with van der Waals surface area (Å²) < 4.78 is 42.0. The first kappa shape index (κ1) is 20.4. The third-order valence-corrected chi connectivity index (χ3v) is 4.58. The molecular formula is C22H18F3N5O. The van der Waals surface area contributed by atoms with E-state index in [4.69, 9.17) is 0 Å². The number of halogens is 3. The average Bonchev–Trinajstić information content (AvgIpc) is 3.10. The lowest BCUT2D eigenvalue weighted by Gasteiger charge is -2.10. The summed E-state index contributed by atoms with van der Waals surface area (Å²) in [6.07, 6.45) is 5.00. The van der Waals surface area contributed by atoms with Gasteiger partial charge in [-0.05, 0) is 29.8 Å². The molecule has 0 aliphatic carbocycles. The number of nitrogens with one attached hydrogen (secondary N) is 2. The number of imidazole rings is 1. The number of aromatic nitrogens is 3. The molecule has 0 saturated heterocycles. The first-order chi connectivity index (χ1) is 15.0. The molecule has 1 amide bonds. The minimum atomic E-state index is -0.696. The molecule has 2 N–H and O–H groups in total. The van der Waals surface area contributed by atoms with E-state index >= 15 is 0 Å². The van der Waals surface area contributed by atoms with E-state index in [0.717, 1.165) is 6.07 Å². The van der Waals surface area contributed by atoms with Crippen LogP contribution in [0, 0.1) is 17.5 Å². The van der Waals surface area contributed by atoms with Gasteiger partial charge >= 0.3 is 0 Å². The van der Waals surface area contributed by atoms with Crippen molar-refractivity contribution in [3.05, 3.63) is 84.1 Å². The molecule has 9 heteroatoms. The summed E-state index contributed by atoms with van der Waals surface area (Å²) in [5.41, 5.74) is 2.02. The van der Waals surface area contributed by atoms with Crippen LogP contribution in [0.2, 0.25) is 0 Å². The fraction of sp³-hybridized carbons (Fsp3) is 0.136. The molecule has 0 radical (unpaired) electrons. The lowest BCUT2D eigenvalue weighted by molar-refractivity contribution is -0.121. The molecule has 0 bridgehead atoms. The van der Waals surface area contributed by atoms with E-state index in [9.17, 15) is 18.0 Å². The zero-order chi connectivity index (χ0) is 21.8. The Morgan fingerprint density at radius 2 is 1.84 bits per heavy atom. The molecule has 2 aromatic heterocycles. The number of benzene rings is 2. The third kappa shape index (κ3) is 4.82. The van der Waals surface area contributed by atoms with Crippen molar-refractivity contribution in [3.63, 3.8) is 0 Å². The molecule has 0 fully saturated rings. The van der Waals surface area contributed by atoms with Crippen molar-refractivity contribution in [1.29, 1.82) is 0 Å². The number of rotatable bonds is 7. The van der Waals surface area contributed by atoms with Crippen LogP contribution in [0.25, 0.3) is 16.9 Å². The molecule has 0 saturated carbocycles. The molecule has 0 aliphatic heterocycles. The second-order valence-corrected chi connectivity index (χ2v) is 6.86. The second-order valence-electron chi connectivity index (χ2n) is 6.86. The van der Waals surface area contributed by atoms with Crippen LogP contribution in [0.3, 0.4) is 0 Å². The third-order valence-electron chi connectivity index (χ3n) is 4.58. The first-order valence-electron chi connectivity index (χ1n) is 9.53. The number of hydrogen-bond acceptors (Lipinski definition) is 4. The molecular weight excluding hydrogens is 407 g/mol. The van der Waals surface area contributed by atoms with Gasteiger partial charge in [-0.2, -0.15) is 0 Å². The van der Waals surface area contributed by atoms with E-state index in [1.165, 1.54) is 24.3 Å². The number of fused-ring (bicyclic) bond motifs is 1. The van der Waals surface area contributed by atoms with Crippen LogP contribution in [0.4, 0.5) is 19.0 Å². The summed E-state index contributed by atoms with van der Waals surface area (Å²) in [5, 5.41) is 5.80. The zero-order valence-corrected chi connectivity index (χ0v) is 16.3. The van der Waals surface area contributed by atoms with Gasteiger partial charge in [0.25, 0.3) is 0 Å². The Bertz CT molecular complexity index is 1220. The second kappa shape index (κ2) is 8.86. The summed E-state index contributed by atoms with van der Waals surface area (Å²) in [4.78, 5) is 20.7. The van der Waals surface area contributed by atoms with Gasteiger partial charge in [-0.1, -0.05) is 12.1 Å². The molecule has 158 valence electrons. The number of carbonyl (C=O) groups excluding carboxylic acids is 1. The van der Waals surface area contributed by atoms with Crippen molar-refractivity contribution < 1.29 is 18.0 Å². The molecule has 31 heavy (non-hydrogen) atoms. The molecule has 0 aliphatic rings. The standard InChI is InChI=1S/C22H18F3N5O/c23-16-3-1-2-15(10-16)21-22(30-7-6-26-13-19(30)29-21)27-5-4-20(31)28-12-14-8-17(24)11-18(25)9-14/h1-3,6-11,13,27H,4-5,12H2,(H,28,31). The molecule has 6 nitrogen and oxygen atoms in total. The fourth-order valence-corrected chi connectivity index (χ4v) is 3.21. The van der Waals surface area contributed by atoms with Gasteiger partial charge < -0.3 is 10.6 Å². The maximum atomic E-state index is 13.7. The highest BCUT2D eigenvalue weighted by Crippen LogP contribution is 2.28. The molecule has 2 heterocycles. The van der Waals surface area contributed by atoms with Gasteiger partial charge in [-0.15, -0.1) is 0 Å². The van der Waals surface area contributed by atoms with Gasteiger partial charge in [-0.3, -0.25) is 14.2 Å². The highest BCUT2D eigenvalue weighted by atomic mass is 19.1. The van der Waals surface area contributed by atoms with E-state index in [-0.39, 0.29) is 31.2 Å². The van der Waals surface area contributed by atoms with Gasteiger partial charge in [0.05, 0.1) is 6.20 Å². The van der Waals surface area contributed by atoms with E-state index in [0.29, 0.717) is 28.3 Å². The van der Waals surface area contributed by atoms with Gasteiger partial charge in [0.1, 0.15) is 29.0 Å². The van der Waals surface area contributed by atoms with Crippen LogP contribution in [-0.2, 0) is 11.3 Å². The first-order valence-corrected chi connectivity index (χ1v) is 9.53. The number of hydrogen-bond donors (Lipinski definition) is 2. The predicted molar refractivity (Wildman–Crippen MR) is 110 cm³/mol. The van der Waals surface area contributed by atoms with E-state index in [1.807, 2.05) is 0 Å². The Morgan fingerprint density at radius 1 is 1.03 bits per heavy atom. The topological polar surface area (TPSA) is 71.3 Å². The smallest absolute Gasteiger partial charge is 0.222 e. The van der Waals surface area contributed by atoms with Crippen molar-refractivity contribution >= 4 is 17.4 Å². The van der Waals surface area contributed by atoms with E-state index in [1.54, 1.807) is 35.1 Å². The Kier molecular flexibility index (Phi) is 5.83. The van der Waals surface area contributed by atoms with Crippen LogP contribution < -0.4 is 10.6 Å². The van der Waals surface area contributed by atoms with Crippen molar-refractivity contribution in [3.8, 4) is 11.3 Å². The Balaban J connectivity index is 1.44. The van der Waals surface area contributed by atoms with Crippen LogP contribution >= 0.6 is 0 Å². The van der Waals surface area contributed by atoms with E-state index in [2.05, 4.69) is 20.6 Å². The van der Waals surface area contributed by atoms with Crippen molar-refractivity contribution in [2.24, 2.45) is 0 Å². The summed E-state index contributed by atoms with van der Waals surface area (Å²) in [6.45, 7) is 0.283. The SMILES string of the molecule is O=C(CCNc1c(-c2cccc(F)c2)nc2cnccn12)NCc1cc(F)cc(F)c1. The van der Waals surface area contributed by atoms with Gasteiger partial charge in [0.2, 0.25) is 5.91 Å². The average molecular weight is 425 g/mol. The summed E-state index contributed by atoms with van der Waals surface area (Å²) in [7, 11) is 0. The van der Waals surface area contributed by atoms with Crippen molar-refractivity contribution in [1.82, 2.24) is 19.7 Å². The van der Waals surface area contributed by atoms with Gasteiger partial charge in [0.15, 0.2) is 5.65 Å². The summed E-state index contributed by atoms with van der Waals surface area (Å²) >= 11 is 0. The van der Waals surface area contributed by atoms with Crippen LogP contribution in [0.15, 0.2) is 61.1 Å². The number of anilines is 1. The van der Waals surface area contributed by atoms with Crippen LogP contribution in [0.1, 0.15) is 12.0 Å². The highest BCUT2D eigenvalue weighted by molar-refractivity contribution is 5.78. The van der Waals surface area contributed by atoms with Crippen molar-refractivity contribution in [2.75, 3.05) is 11.9 Å². The minimum Gasteiger partial charge on any atom is -0.369 e. The largest absolute Gasteiger partial charge is 0.369 e. The monoisotopic (exact) mass is 425 g/mol. The Labute approximate surface area is 175 Å². The van der Waals surface area contributed by atoms with Gasteiger partial charge in [-0.25, -0.2) is 18.2 Å². The number of nitrogens with zero attached hydrogens (tertiary/aromatic N) is 3. The molecule has 2 aromatic carbocycles. The zero-order valence-electron chi connectivity index (χ0n) is 16.3. The molecule has 0 unspecified atom stereocenters. The highest BCUT2D eigenvalue weighted by Gasteiger charge is 2.15. The summed E-state index contributed by atoms with van der Waals surface area (Å²) in [5.74, 6) is -1.47. The van der Waals surface area contributed by atoms with Crippen molar-refractivity contribution in [2.45, 2.75) is 13.0 Å². The fourth-order valence-electron chi connectivity index (χ4n) is 3.21. The van der Waals surface area contributed by atoms with Gasteiger partial charge in [0, 0.05) is 43.5 Å². The minimum absolute atomic E-state index is 0.0172. The van der Waals surface area contributed by atoms with E-state index < -0.39 is 11.6 Å². The Hall–Kier alpha value is -3.88. The Morgan fingerprint density at radius 3 is 2.61 bits per heavy atom. The van der Waals surface area contributed by atoms with Crippen LogP contribution in [0.5, 0.6) is 0 Å². The lowest BCUT2D eigenvalue weighted by Crippen LogP contribution is -2.25. The molecule has 0 atom stereocenters. The maximum Gasteiger partial charge on any atom is 0.222 e. The quantitative estimate of drug-likeness (QED) is 0.471. The number of amides is 1. The normalized spacial score (nSPS) is 10.9. The predicted octanol–water partition coefficient (Wildman–Crippen LogP) is 3.93. The molecule has 0 spiro atoms. The molecule has 4 rings (SSSR count). The maximum absolute atomic E-state index is 13.7.